The van der Waals surface area contributed by atoms with E-state index in [0.717, 1.165) is 5.56 Å². The Morgan fingerprint density at radius 3 is 2.42 bits per heavy atom. The molecule has 0 bridgehead atoms. The number of fused-ring (bicyclic) bond motifs is 2. The SMILES string of the molecule is CNC(=O)c1c(-c2ccc(F)cc2)oc2ccc(-c3cc(C(=O)NC4(c5nc6ccncc6o5)CC4)ccc3C)c(F)c12. The van der Waals surface area contributed by atoms with Gasteiger partial charge in [0, 0.05) is 29.9 Å². The van der Waals surface area contributed by atoms with Crippen molar-refractivity contribution in [3.8, 4) is 22.5 Å². The summed E-state index contributed by atoms with van der Waals surface area (Å²) < 4.78 is 41.8. The van der Waals surface area contributed by atoms with Gasteiger partial charge < -0.3 is 19.5 Å². The first-order chi connectivity index (χ1) is 20.8. The number of hydrogen-bond donors (Lipinski definition) is 2. The predicted molar refractivity (Wildman–Crippen MR) is 155 cm³/mol. The Balaban J connectivity index is 1.27. The molecule has 8 nitrogen and oxygen atoms in total. The van der Waals surface area contributed by atoms with Crippen molar-refractivity contribution < 1.29 is 27.2 Å². The number of aryl methyl sites for hydroxylation is 1. The molecule has 0 saturated heterocycles. The maximum Gasteiger partial charge on any atom is 0.255 e. The van der Waals surface area contributed by atoms with Gasteiger partial charge in [0.05, 0.1) is 17.1 Å². The molecule has 2 amide bonds. The molecule has 1 saturated carbocycles. The van der Waals surface area contributed by atoms with Crippen LogP contribution < -0.4 is 10.6 Å². The minimum Gasteiger partial charge on any atom is -0.455 e. The molecular weight excluding hydrogens is 554 g/mol. The molecule has 2 N–H and O–H groups in total. The lowest BCUT2D eigenvalue weighted by Gasteiger charge is -2.15. The van der Waals surface area contributed by atoms with Crippen LogP contribution in [0.2, 0.25) is 0 Å². The van der Waals surface area contributed by atoms with Gasteiger partial charge in [-0.15, -0.1) is 0 Å². The van der Waals surface area contributed by atoms with E-state index in [-0.39, 0.29) is 33.8 Å². The smallest absolute Gasteiger partial charge is 0.255 e. The summed E-state index contributed by atoms with van der Waals surface area (Å²) in [6.45, 7) is 1.81. The topological polar surface area (TPSA) is 110 Å². The van der Waals surface area contributed by atoms with Crippen molar-refractivity contribution in [1.29, 1.82) is 0 Å². The number of halogens is 2. The number of nitrogens with one attached hydrogen (secondary N) is 2. The van der Waals surface area contributed by atoms with Gasteiger partial charge in [0.15, 0.2) is 5.58 Å². The standard InChI is InChI=1S/C33H24F2N4O4/c1-17-3-4-19(30(40)39-33(12-13-33)32-38-23-11-14-37-16-25(23)43-32)15-22(17)21-9-10-24-26(28(21)35)27(31(41)36-2)29(42-24)18-5-7-20(34)8-6-18/h3-11,14-16H,12-13H2,1-2H3,(H,36,41)(H,39,40). The summed E-state index contributed by atoms with van der Waals surface area (Å²) in [5, 5.41) is 5.59. The highest BCUT2D eigenvalue weighted by atomic mass is 19.1. The van der Waals surface area contributed by atoms with Gasteiger partial charge in [-0.1, -0.05) is 6.07 Å². The lowest BCUT2D eigenvalue weighted by Crippen LogP contribution is -2.35. The monoisotopic (exact) mass is 578 g/mol. The summed E-state index contributed by atoms with van der Waals surface area (Å²) in [6.07, 6.45) is 4.55. The number of oxazole rings is 1. The Labute approximate surface area is 243 Å². The number of furan rings is 1. The van der Waals surface area contributed by atoms with Gasteiger partial charge in [0.2, 0.25) is 5.89 Å². The first-order valence-electron chi connectivity index (χ1n) is 13.7. The fraction of sp³-hybridized carbons (Fsp3) is 0.152. The molecule has 10 heteroatoms. The van der Waals surface area contributed by atoms with Crippen LogP contribution in [0.1, 0.15) is 45.0 Å². The minimum atomic E-state index is -0.721. The number of amides is 2. The molecular formula is C33H24F2N4O4. The Hall–Kier alpha value is -5.38. The van der Waals surface area contributed by atoms with E-state index in [9.17, 15) is 14.0 Å². The van der Waals surface area contributed by atoms with Crippen molar-refractivity contribution in [3.63, 3.8) is 0 Å². The molecule has 1 fully saturated rings. The number of aromatic nitrogens is 2. The summed E-state index contributed by atoms with van der Waals surface area (Å²) in [7, 11) is 1.44. The normalized spacial score (nSPS) is 13.8. The lowest BCUT2D eigenvalue weighted by atomic mass is 9.94. The largest absolute Gasteiger partial charge is 0.455 e. The summed E-state index contributed by atoms with van der Waals surface area (Å²) in [6, 6.07) is 15.4. The van der Waals surface area contributed by atoms with Gasteiger partial charge in [0.1, 0.15) is 34.0 Å². The van der Waals surface area contributed by atoms with Crippen LogP contribution in [-0.2, 0) is 5.54 Å². The molecule has 6 aromatic rings. The fourth-order valence-corrected chi connectivity index (χ4v) is 5.35. The first-order valence-corrected chi connectivity index (χ1v) is 13.7. The maximum atomic E-state index is 16.4. The van der Waals surface area contributed by atoms with Gasteiger partial charge in [-0.3, -0.25) is 14.6 Å². The van der Waals surface area contributed by atoms with E-state index in [1.165, 1.54) is 31.3 Å². The molecule has 3 heterocycles. The molecule has 1 aliphatic rings. The average molecular weight is 579 g/mol. The van der Waals surface area contributed by atoms with E-state index in [4.69, 9.17) is 8.83 Å². The van der Waals surface area contributed by atoms with Crippen LogP contribution in [0.25, 0.3) is 44.5 Å². The predicted octanol–water partition coefficient (Wildman–Crippen LogP) is 6.67. The van der Waals surface area contributed by atoms with Crippen LogP contribution in [-0.4, -0.2) is 28.8 Å². The van der Waals surface area contributed by atoms with Crippen molar-refractivity contribution in [2.75, 3.05) is 7.05 Å². The number of hydrogen-bond acceptors (Lipinski definition) is 6. The second kappa shape index (κ2) is 9.87. The first kappa shape index (κ1) is 26.5. The highest BCUT2D eigenvalue weighted by Gasteiger charge is 2.50. The number of rotatable bonds is 6. The number of carbonyl (C=O) groups excluding carboxylic acids is 2. The summed E-state index contributed by atoms with van der Waals surface area (Å²) >= 11 is 0. The zero-order valence-electron chi connectivity index (χ0n) is 23.1. The van der Waals surface area contributed by atoms with Gasteiger partial charge in [0.25, 0.3) is 11.8 Å². The van der Waals surface area contributed by atoms with E-state index < -0.39 is 23.1 Å². The molecule has 0 aliphatic heterocycles. The van der Waals surface area contributed by atoms with Crippen molar-refractivity contribution in [3.05, 3.63) is 107 Å². The molecule has 3 aromatic carbocycles. The van der Waals surface area contributed by atoms with E-state index in [1.54, 1.807) is 48.8 Å². The Kier molecular flexibility index (Phi) is 6.08. The van der Waals surface area contributed by atoms with Gasteiger partial charge in [-0.2, -0.15) is 0 Å². The number of carbonyl (C=O) groups is 2. The molecule has 0 radical (unpaired) electrons. The Bertz CT molecular complexity index is 2040. The van der Waals surface area contributed by atoms with E-state index in [2.05, 4.69) is 20.6 Å². The van der Waals surface area contributed by atoms with Crippen LogP contribution in [0.4, 0.5) is 8.78 Å². The van der Waals surface area contributed by atoms with Crippen LogP contribution in [0.3, 0.4) is 0 Å². The quantitative estimate of drug-likeness (QED) is 0.229. The van der Waals surface area contributed by atoms with Crippen LogP contribution in [0.5, 0.6) is 0 Å². The van der Waals surface area contributed by atoms with Crippen molar-refractivity contribution >= 4 is 33.9 Å². The van der Waals surface area contributed by atoms with Gasteiger partial charge in [-0.05, 0) is 85.5 Å². The molecule has 0 unspecified atom stereocenters. The third-order valence-electron chi connectivity index (χ3n) is 7.85. The van der Waals surface area contributed by atoms with E-state index in [0.29, 0.717) is 46.5 Å². The maximum absolute atomic E-state index is 16.4. The zero-order valence-corrected chi connectivity index (χ0v) is 23.1. The molecule has 0 spiro atoms. The molecule has 7 rings (SSSR count). The summed E-state index contributed by atoms with van der Waals surface area (Å²) in [5.41, 5.74) is 2.81. The highest BCUT2D eigenvalue weighted by molar-refractivity contribution is 6.12. The Morgan fingerprint density at radius 2 is 1.70 bits per heavy atom. The third kappa shape index (κ3) is 4.42. The van der Waals surface area contributed by atoms with Crippen molar-refractivity contribution in [2.24, 2.45) is 0 Å². The lowest BCUT2D eigenvalue weighted by molar-refractivity contribution is 0.0922. The molecule has 3 aromatic heterocycles. The minimum absolute atomic E-state index is 0.000723. The van der Waals surface area contributed by atoms with Crippen molar-refractivity contribution in [2.45, 2.75) is 25.3 Å². The van der Waals surface area contributed by atoms with E-state index >= 15 is 4.39 Å². The summed E-state index contributed by atoms with van der Waals surface area (Å²) in [5.74, 6) is -1.48. The molecule has 43 heavy (non-hydrogen) atoms. The average Bonchev–Trinajstić information content (AvgIpc) is 3.48. The number of nitrogens with zero attached hydrogens (tertiary/aromatic N) is 2. The molecule has 1 aliphatic carbocycles. The van der Waals surface area contributed by atoms with Crippen LogP contribution in [0, 0.1) is 18.6 Å². The van der Waals surface area contributed by atoms with Gasteiger partial charge >= 0.3 is 0 Å². The molecule has 0 atom stereocenters. The van der Waals surface area contributed by atoms with Crippen LogP contribution in [0.15, 0.2) is 81.9 Å². The zero-order chi connectivity index (χ0) is 29.9. The second-order valence-electron chi connectivity index (χ2n) is 10.6. The van der Waals surface area contributed by atoms with Gasteiger partial charge in [-0.25, -0.2) is 13.8 Å². The Morgan fingerprint density at radius 1 is 0.907 bits per heavy atom. The van der Waals surface area contributed by atoms with Crippen molar-refractivity contribution in [1.82, 2.24) is 20.6 Å². The van der Waals surface area contributed by atoms with E-state index in [1.807, 2.05) is 6.92 Å². The highest BCUT2D eigenvalue weighted by Crippen LogP contribution is 2.46. The number of pyridine rings is 1. The third-order valence-corrected chi connectivity index (χ3v) is 7.85. The van der Waals surface area contributed by atoms with Crippen LogP contribution >= 0.6 is 0 Å². The number of benzene rings is 3. The summed E-state index contributed by atoms with van der Waals surface area (Å²) in [4.78, 5) is 35.1. The second-order valence-corrected chi connectivity index (χ2v) is 10.6. The fourth-order valence-electron chi connectivity index (χ4n) is 5.35. The molecule has 214 valence electrons.